The van der Waals surface area contributed by atoms with Crippen LogP contribution in [0.3, 0.4) is 0 Å². The van der Waals surface area contributed by atoms with Gasteiger partial charge in [0.1, 0.15) is 23.9 Å². The van der Waals surface area contributed by atoms with Gasteiger partial charge in [0.2, 0.25) is 0 Å². The molecule has 1 N–H and O–H groups in total. The van der Waals surface area contributed by atoms with Crippen LogP contribution in [-0.4, -0.2) is 28.5 Å². The molecule has 0 bridgehead atoms. The summed E-state index contributed by atoms with van der Waals surface area (Å²) < 4.78 is 25.6. The molecule has 0 fully saturated rings. The fraction of sp³-hybridized carbons (Fsp3) is 0.167. The normalized spacial score (nSPS) is 19.1. The second-order valence-electron chi connectivity index (χ2n) is 7.46. The Morgan fingerprint density at radius 3 is 2.77 bits per heavy atom. The standard InChI is InChI=1S/C24H19FN2O4/c25-17-9-10-21-19(12-17)22-20(14-31-21)23(27(26-22)24(28)29)16-7-4-8-18(11-16)30-13-15-5-2-1-3-6-15/h1-12,20,23H,13-14H2,(H,28,29). The number of nitrogens with zero attached hydrogens (tertiary/aromatic N) is 2. The molecule has 0 aromatic heterocycles. The van der Waals surface area contributed by atoms with Crippen LogP contribution in [0.1, 0.15) is 22.7 Å². The van der Waals surface area contributed by atoms with Crippen LogP contribution in [0.15, 0.2) is 77.9 Å². The molecule has 5 rings (SSSR count). The summed E-state index contributed by atoms with van der Waals surface area (Å²) in [5.74, 6) is 0.354. The van der Waals surface area contributed by atoms with E-state index in [9.17, 15) is 14.3 Å². The molecule has 0 radical (unpaired) electrons. The Balaban J connectivity index is 1.45. The smallest absolute Gasteiger partial charge is 0.428 e. The van der Waals surface area contributed by atoms with E-state index in [1.54, 1.807) is 6.07 Å². The summed E-state index contributed by atoms with van der Waals surface area (Å²) >= 11 is 0. The number of hydrogen-bond acceptors (Lipinski definition) is 4. The molecule has 0 aliphatic carbocycles. The predicted molar refractivity (Wildman–Crippen MR) is 112 cm³/mol. The number of benzene rings is 3. The maximum Gasteiger partial charge on any atom is 0.428 e. The lowest BCUT2D eigenvalue weighted by Gasteiger charge is -2.29. The van der Waals surface area contributed by atoms with Crippen molar-refractivity contribution in [2.45, 2.75) is 12.6 Å². The second-order valence-corrected chi connectivity index (χ2v) is 7.46. The average molecular weight is 418 g/mol. The molecule has 6 nitrogen and oxygen atoms in total. The number of hydrogen-bond donors (Lipinski definition) is 1. The summed E-state index contributed by atoms with van der Waals surface area (Å²) in [7, 11) is 0. The first kappa shape index (κ1) is 19.1. The lowest BCUT2D eigenvalue weighted by Crippen LogP contribution is -2.34. The Hall–Kier alpha value is -3.87. The van der Waals surface area contributed by atoms with Crippen LogP contribution in [0.2, 0.25) is 0 Å². The van der Waals surface area contributed by atoms with Crippen molar-refractivity contribution >= 4 is 11.8 Å². The zero-order valence-electron chi connectivity index (χ0n) is 16.4. The highest BCUT2D eigenvalue weighted by atomic mass is 19.1. The van der Waals surface area contributed by atoms with Crippen LogP contribution in [0.4, 0.5) is 9.18 Å². The number of rotatable bonds is 4. The number of amides is 1. The Kier molecular flexibility index (Phi) is 4.78. The van der Waals surface area contributed by atoms with E-state index in [4.69, 9.17) is 9.47 Å². The molecule has 2 aliphatic heterocycles. The number of ether oxygens (including phenoxy) is 2. The topological polar surface area (TPSA) is 71.4 Å². The van der Waals surface area contributed by atoms with Crippen LogP contribution in [0.25, 0.3) is 0 Å². The summed E-state index contributed by atoms with van der Waals surface area (Å²) in [6.07, 6.45) is -1.18. The van der Waals surface area contributed by atoms with E-state index in [0.29, 0.717) is 29.4 Å². The molecule has 2 atom stereocenters. The molecule has 7 heteroatoms. The van der Waals surface area contributed by atoms with Crippen molar-refractivity contribution in [1.82, 2.24) is 5.01 Å². The SMILES string of the molecule is O=C(O)N1N=C2c3cc(F)ccc3OCC2C1c1cccc(OCc2ccccc2)c1. The molecule has 1 amide bonds. The minimum absolute atomic E-state index is 0.251. The summed E-state index contributed by atoms with van der Waals surface area (Å²) in [5.41, 5.74) is 2.77. The first-order valence-corrected chi connectivity index (χ1v) is 9.90. The predicted octanol–water partition coefficient (Wildman–Crippen LogP) is 4.85. The van der Waals surface area contributed by atoms with Crippen molar-refractivity contribution in [2.24, 2.45) is 11.0 Å². The number of carboxylic acid groups (broad SMARTS) is 1. The van der Waals surface area contributed by atoms with Crippen LogP contribution in [-0.2, 0) is 6.61 Å². The van der Waals surface area contributed by atoms with Gasteiger partial charge in [0, 0.05) is 5.56 Å². The molecule has 3 aromatic rings. The molecule has 2 aliphatic rings. The van der Waals surface area contributed by atoms with E-state index in [1.807, 2.05) is 54.6 Å². The summed E-state index contributed by atoms with van der Waals surface area (Å²) in [6, 6.07) is 20.7. The van der Waals surface area contributed by atoms with Gasteiger partial charge in [-0.05, 0) is 41.5 Å². The van der Waals surface area contributed by atoms with Crippen molar-refractivity contribution in [1.29, 1.82) is 0 Å². The molecule has 2 heterocycles. The van der Waals surface area contributed by atoms with Gasteiger partial charge in [0.15, 0.2) is 0 Å². The van der Waals surface area contributed by atoms with E-state index in [1.165, 1.54) is 12.1 Å². The van der Waals surface area contributed by atoms with Crippen molar-refractivity contribution < 1.29 is 23.8 Å². The summed E-state index contributed by atoms with van der Waals surface area (Å²) in [5, 5.41) is 15.2. The van der Waals surface area contributed by atoms with Crippen molar-refractivity contribution in [2.75, 3.05) is 6.61 Å². The Morgan fingerprint density at radius 1 is 1.13 bits per heavy atom. The van der Waals surface area contributed by atoms with Gasteiger partial charge in [-0.15, -0.1) is 0 Å². The molecular formula is C24H19FN2O4. The molecule has 2 unspecified atom stereocenters. The lowest BCUT2D eigenvalue weighted by atomic mass is 9.86. The lowest BCUT2D eigenvalue weighted by molar-refractivity contribution is 0.118. The van der Waals surface area contributed by atoms with Gasteiger partial charge in [-0.25, -0.2) is 9.18 Å². The van der Waals surface area contributed by atoms with Crippen molar-refractivity contribution in [3.8, 4) is 11.5 Å². The monoisotopic (exact) mass is 418 g/mol. The third-order valence-corrected chi connectivity index (χ3v) is 5.49. The summed E-state index contributed by atoms with van der Waals surface area (Å²) in [6.45, 7) is 0.652. The molecule has 0 spiro atoms. The second kappa shape index (κ2) is 7.75. The highest BCUT2D eigenvalue weighted by Gasteiger charge is 2.45. The zero-order chi connectivity index (χ0) is 21.4. The van der Waals surface area contributed by atoms with Gasteiger partial charge < -0.3 is 14.6 Å². The van der Waals surface area contributed by atoms with Crippen LogP contribution in [0.5, 0.6) is 11.5 Å². The first-order valence-electron chi connectivity index (χ1n) is 9.90. The largest absolute Gasteiger partial charge is 0.492 e. The quantitative estimate of drug-likeness (QED) is 0.657. The number of hydrazone groups is 1. The number of halogens is 1. The van der Waals surface area contributed by atoms with Crippen LogP contribution in [0, 0.1) is 11.7 Å². The number of fused-ring (bicyclic) bond motifs is 3. The Labute approximate surface area is 178 Å². The fourth-order valence-electron chi connectivity index (χ4n) is 4.07. The maximum absolute atomic E-state index is 13.8. The van der Waals surface area contributed by atoms with E-state index in [-0.39, 0.29) is 12.5 Å². The van der Waals surface area contributed by atoms with E-state index < -0.39 is 18.0 Å². The van der Waals surface area contributed by atoms with Gasteiger partial charge in [-0.3, -0.25) is 0 Å². The molecule has 156 valence electrons. The highest BCUT2D eigenvalue weighted by molar-refractivity contribution is 6.07. The minimum atomic E-state index is -1.18. The van der Waals surface area contributed by atoms with Crippen molar-refractivity contribution in [3.05, 3.63) is 95.3 Å². The summed E-state index contributed by atoms with van der Waals surface area (Å²) in [4.78, 5) is 12.0. The molecule has 3 aromatic carbocycles. The van der Waals surface area contributed by atoms with Gasteiger partial charge in [-0.2, -0.15) is 10.1 Å². The third kappa shape index (κ3) is 3.59. The zero-order valence-corrected chi connectivity index (χ0v) is 16.4. The maximum atomic E-state index is 13.8. The van der Waals surface area contributed by atoms with E-state index in [0.717, 1.165) is 16.1 Å². The first-order chi connectivity index (χ1) is 15.1. The third-order valence-electron chi connectivity index (χ3n) is 5.49. The fourth-order valence-corrected chi connectivity index (χ4v) is 4.07. The molecular weight excluding hydrogens is 399 g/mol. The Bertz CT molecular complexity index is 1170. The Morgan fingerprint density at radius 2 is 1.97 bits per heavy atom. The van der Waals surface area contributed by atoms with Gasteiger partial charge in [0.25, 0.3) is 0 Å². The van der Waals surface area contributed by atoms with Gasteiger partial charge in [-0.1, -0.05) is 42.5 Å². The van der Waals surface area contributed by atoms with Gasteiger partial charge >= 0.3 is 6.09 Å². The molecule has 31 heavy (non-hydrogen) atoms. The molecule has 0 saturated carbocycles. The van der Waals surface area contributed by atoms with Crippen LogP contribution >= 0.6 is 0 Å². The van der Waals surface area contributed by atoms with Crippen LogP contribution < -0.4 is 9.47 Å². The van der Waals surface area contributed by atoms with Crippen molar-refractivity contribution in [3.63, 3.8) is 0 Å². The van der Waals surface area contributed by atoms with Gasteiger partial charge in [0.05, 0.1) is 24.3 Å². The highest BCUT2D eigenvalue weighted by Crippen LogP contribution is 2.43. The average Bonchev–Trinajstić information content (AvgIpc) is 3.19. The number of carbonyl (C=O) groups is 1. The van der Waals surface area contributed by atoms with E-state index >= 15 is 0 Å². The molecule has 0 saturated heterocycles. The minimum Gasteiger partial charge on any atom is -0.492 e. The van der Waals surface area contributed by atoms with E-state index in [2.05, 4.69) is 5.10 Å².